The largest absolute Gasteiger partial charge is 0.357 e. The molecule has 90 valence electrons. The Morgan fingerprint density at radius 3 is 2.71 bits per heavy atom. The zero-order valence-corrected chi connectivity index (χ0v) is 10.9. The molecule has 0 amide bonds. The minimum Gasteiger partial charge on any atom is -0.357 e. The number of hydrogen-bond donors (Lipinski definition) is 2. The van der Waals surface area contributed by atoms with E-state index in [1.54, 1.807) is 24.6 Å². The Kier molecular flexibility index (Phi) is 3.70. The van der Waals surface area contributed by atoms with Gasteiger partial charge in [0.2, 0.25) is 17.2 Å². The quantitative estimate of drug-likeness (QED) is 0.887. The fourth-order valence-electron chi connectivity index (χ4n) is 1.23. The summed E-state index contributed by atoms with van der Waals surface area (Å²) in [7, 11) is 1.72. The molecule has 0 saturated carbocycles. The van der Waals surface area contributed by atoms with Crippen molar-refractivity contribution >= 4 is 34.8 Å². The van der Waals surface area contributed by atoms with Gasteiger partial charge in [0.15, 0.2) is 0 Å². The van der Waals surface area contributed by atoms with E-state index in [4.69, 9.17) is 11.6 Å². The van der Waals surface area contributed by atoms with E-state index >= 15 is 0 Å². The molecule has 1 unspecified atom stereocenters. The summed E-state index contributed by atoms with van der Waals surface area (Å²) in [5, 5.41) is 8.98. The van der Waals surface area contributed by atoms with Crippen LogP contribution in [0.4, 0.5) is 11.9 Å². The second-order valence-electron chi connectivity index (χ2n) is 3.24. The van der Waals surface area contributed by atoms with E-state index in [-0.39, 0.29) is 11.3 Å². The third-order valence-corrected chi connectivity index (χ3v) is 3.13. The first-order valence-corrected chi connectivity index (χ1v) is 6.20. The van der Waals surface area contributed by atoms with Crippen LogP contribution in [0.2, 0.25) is 5.28 Å². The van der Waals surface area contributed by atoms with Gasteiger partial charge in [-0.25, -0.2) is 4.98 Å². The lowest BCUT2D eigenvalue weighted by Crippen LogP contribution is -2.11. The van der Waals surface area contributed by atoms with E-state index in [1.807, 2.05) is 12.3 Å². The average molecular weight is 271 g/mol. The van der Waals surface area contributed by atoms with E-state index in [1.165, 1.54) is 0 Å². The molecule has 0 radical (unpaired) electrons. The first-order chi connectivity index (χ1) is 8.19. The monoisotopic (exact) mass is 270 g/mol. The number of halogens is 1. The molecular formula is C9H11ClN6S. The van der Waals surface area contributed by atoms with Crippen LogP contribution in [-0.2, 0) is 0 Å². The van der Waals surface area contributed by atoms with Crippen molar-refractivity contribution in [1.82, 2.24) is 19.9 Å². The zero-order valence-electron chi connectivity index (χ0n) is 9.31. The van der Waals surface area contributed by atoms with Crippen LogP contribution in [0.3, 0.4) is 0 Å². The van der Waals surface area contributed by atoms with Crippen molar-refractivity contribution in [3.63, 3.8) is 0 Å². The molecule has 8 heteroatoms. The lowest BCUT2D eigenvalue weighted by Gasteiger charge is -2.11. The van der Waals surface area contributed by atoms with Crippen molar-refractivity contribution in [3.8, 4) is 0 Å². The lowest BCUT2D eigenvalue weighted by molar-refractivity contribution is 0.843. The second kappa shape index (κ2) is 5.24. The van der Waals surface area contributed by atoms with Gasteiger partial charge in [-0.05, 0) is 18.5 Å². The average Bonchev–Trinajstić information content (AvgIpc) is 2.81. The predicted octanol–water partition coefficient (Wildman–Crippen LogP) is 2.20. The van der Waals surface area contributed by atoms with Gasteiger partial charge < -0.3 is 10.6 Å². The fraction of sp³-hybridized carbons (Fsp3) is 0.333. The van der Waals surface area contributed by atoms with Crippen molar-refractivity contribution in [1.29, 1.82) is 0 Å². The molecular weight excluding hydrogens is 260 g/mol. The number of hydrogen-bond acceptors (Lipinski definition) is 7. The van der Waals surface area contributed by atoms with E-state index in [9.17, 15) is 0 Å². The normalized spacial score (nSPS) is 12.2. The number of aromatic nitrogens is 4. The molecule has 0 aliphatic rings. The van der Waals surface area contributed by atoms with E-state index < -0.39 is 0 Å². The Bertz CT molecular complexity index is 488. The van der Waals surface area contributed by atoms with Crippen LogP contribution in [0.5, 0.6) is 0 Å². The summed E-state index contributed by atoms with van der Waals surface area (Å²) in [6.45, 7) is 1.98. The summed E-state index contributed by atoms with van der Waals surface area (Å²) in [5.41, 5.74) is 0. The van der Waals surface area contributed by atoms with Crippen LogP contribution in [-0.4, -0.2) is 27.0 Å². The van der Waals surface area contributed by atoms with Gasteiger partial charge in [0.1, 0.15) is 5.01 Å². The lowest BCUT2D eigenvalue weighted by atomic mass is 10.4. The Balaban J connectivity index is 2.15. The van der Waals surface area contributed by atoms with Gasteiger partial charge in [-0.2, -0.15) is 15.0 Å². The van der Waals surface area contributed by atoms with Crippen molar-refractivity contribution in [2.75, 3.05) is 17.7 Å². The summed E-state index contributed by atoms with van der Waals surface area (Å²) < 4.78 is 0. The SMILES string of the molecule is CNc1nc(Cl)nc(NC(C)c2nccs2)n1. The Morgan fingerprint density at radius 2 is 2.06 bits per heavy atom. The molecule has 0 saturated heterocycles. The molecule has 6 nitrogen and oxygen atoms in total. The third kappa shape index (κ3) is 3.01. The Labute approximate surface area is 108 Å². The molecule has 0 aliphatic heterocycles. The first-order valence-electron chi connectivity index (χ1n) is 4.94. The summed E-state index contributed by atoms with van der Waals surface area (Å²) >= 11 is 7.35. The number of rotatable bonds is 4. The zero-order chi connectivity index (χ0) is 12.3. The second-order valence-corrected chi connectivity index (χ2v) is 4.50. The summed E-state index contributed by atoms with van der Waals surface area (Å²) in [6, 6.07) is 0.0261. The minimum absolute atomic E-state index is 0.0261. The highest BCUT2D eigenvalue weighted by Crippen LogP contribution is 2.19. The highest BCUT2D eigenvalue weighted by molar-refractivity contribution is 7.09. The molecule has 0 aromatic carbocycles. The molecule has 17 heavy (non-hydrogen) atoms. The Morgan fingerprint density at radius 1 is 1.29 bits per heavy atom. The predicted molar refractivity (Wildman–Crippen MR) is 68.5 cm³/mol. The summed E-state index contributed by atoms with van der Waals surface area (Å²) in [5.74, 6) is 0.857. The van der Waals surface area contributed by atoms with Gasteiger partial charge in [0.05, 0.1) is 6.04 Å². The molecule has 2 N–H and O–H groups in total. The van der Waals surface area contributed by atoms with Crippen LogP contribution >= 0.6 is 22.9 Å². The van der Waals surface area contributed by atoms with Crippen LogP contribution in [0.25, 0.3) is 0 Å². The van der Waals surface area contributed by atoms with Crippen LogP contribution < -0.4 is 10.6 Å². The van der Waals surface area contributed by atoms with Crippen LogP contribution in [0.1, 0.15) is 18.0 Å². The maximum atomic E-state index is 5.78. The van der Waals surface area contributed by atoms with Gasteiger partial charge in [0, 0.05) is 18.6 Å². The number of thiazole rings is 1. The van der Waals surface area contributed by atoms with Crippen molar-refractivity contribution in [3.05, 3.63) is 21.9 Å². The molecule has 0 aliphatic carbocycles. The highest BCUT2D eigenvalue weighted by atomic mass is 35.5. The minimum atomic E-state index is 0.0261. The third-order valence-electron chi connectivity index (χ3n) is 2.00. The Hall–Kier alpha value is -1.47. The molecule has 2 heterocycles. The van der Waals surface area contributed by atoms with Gasteiger partial charge in [-0.3, -0.25) is 0 Å². The van der Waals surface area contributed by atoms with Crippen LogP contribution in [0, 0.1) is 0 Å². The molecule has 2 aromatic rings. The molecule has 0 fully saturated rings. The fourth-order valence-corrected chi connectivity index (χ4v) is 2.04. The maximum Gasteiger partial charge on any atom is 0.229 e. The first kappa shape index (κ1) is 12.0. The molecule has 1 atom stereocenters. The smallest absolute Gasteiger partial charge is 0.229 e. The summed E-state index contributed by atoms with van der Waals surface area (Å²) in [6.07, 6.45) is 1.76. The van der Waals surface area contributed by atoms with Gasteiger partial charge >= 0.3 is 0 Å². The van der Waals surface area contributed by atoms with Gasteiger partial charge in [-0.1, -0.05) is 0 Å². The highest BCUT2D eigenvalue weighted by Gasteiger charge is 2.11. The van der Waals surface area contributed by atoms with Gasteiger partial charge in [-0.15, -0.1) is 11.3 Å². The molecule has 0 bridgehead atoms. The van der Waals surface area contributed by atoms with Crippen molar-refractivity contribution < 1.29 is 0 Å². The standard InChI is InChI=1S/C9H11ClN6S/c1-5(6-12-3-4-17-6)13-9-15-7(10)14-8(11-2)16-9/h3-5H,1-2H3,(H2,11,13,14,15,16). The molecule has 2 rings (SSSR count). The number of nitrogens with one attached hydrogen (secondary N) is 2. The van der Waals surface area contributed by atoms with E-state index in [0.717, 1.165) is 5.01 Å². The van der Waals surface area contributed by atoms with Crippen LogP contribution in [0.15, 0.2) is 11.6 Å². The van der Waals surface area contributed by atoms with Crippen molar-refractivity contribution in [2.45, 2.75) is 13.0 Å². The van der Waals surface area contributed by atoms with Crippen molar-refractivity contribution in [2.24, 2.45) is 0 Å². The molecule has 0 spiro atoms. The van der Waals surface area contributed by atoms with Gasteiger partial charge in [0.25, 0.3) is 0 Å². The number of anilines is 2. The summed E-state index contributed by atoms with van der Waals surface area (Å²) in [4.78, 5) is 16.3. The van der Waals surface area contributed by atoms with E-state index in [0.29, 0.717) is 11.9 Å². The molecule has 2 aromatic heterocycles. The maximum absolute atomic E-state index is 5.78. The number of nitrogens with zero attached hydrogens (tertiary/aromatic N) is 4. The topological polar surface area (TPSA) is 75.6 Å². The van der Waals surface area contributed by atoms with E-state index in [2.05, 4.69) is 30.6 Å².